The summed E-state index contributed by atoms with van der Waals surface area (Å²) in [7, 11) is 0. The van der Waals surface area contributed by atoms with Gasteiger partial charge in [0.1, 0.15) is 11.2 Å². The van der Waals surface area contributed by atoms with Crippen LogP contribution in [0.15, 0.2) is 199 Å². The quantitative estimate of drug-likeness (QED) is 0.166. The number of aromatic nitrogens is 3. The molecule has 0 unspecified atom stereocenters. The third-order valence-electron chi connectivity index (χ3n) is 9.89. The summed E-state index contributed by atoms with van der Waals surface area (Å²) in [5.74, 6) is 1.79. The zero-order valence-electron chi connectivity index (χ0n) is 29.2. The van der Waals surface area contributed by atoms with Crippen LogP contribution in [0.25, 0.3) is 78.0 Å². The molecule has 0 fully saturated rings. The van der Waals surface area contributed by atoms with E-state index < -0.39 is 0 Å². The van der Waals surface area contributed by atoms with Crippen molar-refractivity contribution in [3.63, 3.8) is 0 Å². The van der Waals surface area contributed by atoms with Gasteiger partial charge >= 0.3 is 0 Å². The molecule has 2 aromatic heterocycles. The van der Waals surface area contributed by atoms with Crippen molar-refractivity contribution in [3.05, 3.63) is 194 Å². The summed E-state index contributed by atoms with van der Waals surface area (Å²) in [6, 6.07) is 66.8. The van der Waals surface area contributed by atoms with E-state index in [1.165, 1.54) is 0 Å². The number of rotatable bonds is 7. The molecule has 0 radical (unpaired) electrons. The van der Waals surface area contributed by atoms with Gasteiger partial charge in [-0.2, -0.15) is 0 Å². The number of hydrogen-bond acceptors (Lipinski definition) is 5. The first kappa shape index (κ1) is 31.4. The molecule has 5 nitrogen and oxygen atoms in total. The van der Waals surface area contributed by atoms with Crippen LogP contribution in [0.5, 0.6) is 0 Å². The number of fused-ring (bicyclic) bond motifs is 5. The molecule has 0 bridgehead atoms. The standard InChI is InChI=1S/C49H32N4O/c1-5-15-34(16-6-1)47-50-48(35-17-7-2-8-18-35)52-49(51-47)43-31-37-19-13-14-24-41(37)45-42-30-27-36(32-44(42)54-46(43)45)33-25-28-40(29-26-33)53(38-20-9-3-10-21-38)39-22-11-4-12-23-39/h1-32H. The van der Waals surface area contributed by atoms with E-state index in [0.717, 1.165) is 77.6 Å². The van der Waals surface area contributed by atoms with Crippen LogP contribution >= 0.6 is 0 Å². The monoisotopic (exact) mass is 692 g/mol. The van der Waals surface area contributed by atoms with E-state index >= 15 is 0 Å². The molecular weight excluding hydrogens is 661 g/mol. The molecule has 0 saturated carbocycles. The fourth-order valence-corrected chi connectivity index (χ4v) is 7.30. The number of furan rings is 1. The second kappa shape index (κ2) is 13.3. The van der Waals surface area contributed by atoms with Crippen LogP contribution in [0.4, 0.5) is 17.1 Å². The summed E-state index contributed by atoms with van der Waals surface area (Å²) in [6.07, 6.45) is 0. The van der Waals surface area contributed by atoms with Gasteiger partial charge in [0.25, 0.3) is 0 Å². The van der Waals surface area contributed by atoms with Gasteiger partial charge in [-0.15, -0.1) is 0 Å². The maximum Gasteiger partial charge on any atom is 0.167 e. The third kappa shape index (κ3) is 5.65. The number of hydrogen-bond donors (Lipinski definition) is 0. The van der Waals surface area contributed by atoms with Crippen molar-refractivity contribution in [3.8, 4) is 45.3 Å². The summed E-state index contributed by atoms with van der Waals surface area (Å²) >= 11 is 0. The van der Waals surface area contributed by atoms with Crippen LogP contribution in [-0.2, 0) is 0 Å². The van der Waals surface area contributed by atoms with Crippen LogP contribution in [0.1, 0.15) is 0 Å². The molecule has 0 spiro atoms. The van der Waals surface area contributed by atoms with Crippen molar-refractivity contribution < 1.29 is 4.42 Å². The average molecular weight is 693 g/mol. The summed E-state index contributed by atoms with van der Waals surface area (Å²) in [5, 5.41) is 4.30. The van der Waals surface area contributed by atoms with E-state index in [-0.39, 0.29) is 0 Å². The van der Waals surface area contributed by atoms with E-state index in [1.807, 2.05) is 72.8 Å². The van der Waals surface area contributed by atoms with Crippen molar-refractivity contribution in [1.82, 2.24) is 15.0 Å². The molecule has 0 saturated heterocycles. The highest BCUT2D eigenvalue weighted by atomic mass is 16.3. The van der Waals surface area contributed by atoms with Gasteiger partial charge in [0.05, 0.1) is 5.56 Å². The third-order valence-corrected chi connectivity index (χ3v) is 9.89. The first-order valence-corrected chi connectivity index (χ1v) is 18.0. The molecule has 54 heavy (non-hydrogen) atoms. The van der Waals surface area contributed by atoms with Crippen molar-refractivity contribution in [2.24, 2.45) is 0 Å². The average Bonchev–Trinajstić information content (AvgIpc) is 3.64. The first-order valence-electron chi connectivity index (χ1n) is 18.0. The minimum atomic E-state index is 0.565. The maximum absolute atomic E-state index is 6.87. The van der Waals surface area contributed by atoms with Crippen molar-refractivity contribution >= 4 is 49.8 Å². The Kier molecular flexibility index (Phi) is 7.73. The lowest BCUT2D eigenvalue weighted by Gasteiger charge is -2.25. The molecule has 0 aliphatic heterocycles. The Morgan fingerprint density at radius 2 is 0.870 bits per heavy atom. The molecule has 0 aliphatic rings. The maximum atomic E-state index is 6.87. The highest BCUT2D eigenvalue weighted by Crippen LogP contribution is 2.42. The first-order chi connectivity index (χ1) is 26.8. The van der Waals surface area contributed by atoms with Gasteiger partial charge in [0.15, 0.2) is 17.5 Å². The Balaban J connectivity index is 1.11. The van der Waals surface area contributed by atoms with E-state index in [4.69, 9.17) is 19.4 Å². The van der Waals surface area contributed by atoms with Crippen molar-refractivity contribution in [2.75, 3.05) is 4.90 Å². The second-order valence-corrected chi connectivity index (χ2v) is 13.3. The number of benzene rings is 8. The zero-order chi connectivity index (χ0) is 35.8. The van der Waals surface area contributed by atoms with Gasteiger partial charge in [0, 0.05) is 39.0 Å². The minimum absolute atomic E-state index is 0.565. The molecule has 2 heterocycles. The fourth-order valence-electron chi connectivity index (χ4n) is 7.30. The Morgan fingerprint density at radius 1 is 0.370 bits per heavy atom. The Labute approximate surface area is 312 Å². The lowest BCUT2D eigenvalue weighted by molar-refractivity contribution is 0.670. The molecule has 0 aliphatic carbocycles. The highest BCUT2D eigenvalue weighted by Gasteiger charge is 2.21. The molecule has 0 atom stereocenters. The Bertz CT molecular complexity index is 2810. The summed E-state index contributed by atoms with van der Waals surface area (Å²) in [6.45, 7) is 0. The SMILES string of the molecule is c1ccc(-c2nc(-c3ccccc3)nc(-c3cc4ccccc4c4c3oc3cc(-c5ccc(N(c6ccccc6)c6ccccc6)cc5)ccc34)n2)cc1. The molecule has 254 valence electrons. The number of anilines is 3. The molecule has 10 rings (SSSR count). The molecular formula is C49H32N4O. The number of nitrogens with zero attached hydrogens (tertiary/aromatic N) is 4. The molecule has 10 aromatic rings. The predicted molar refractivity (Wildman–Crippen MR) is 221 cm³/mol. The van der Waals surface area contributed by atoms with Crippen LogP contribution in [-0.4, -0.2) is 15.0 Å². The molecule has 0 amide bonds. The lowest BCUT2D eigenvalue weighted by atomic mass is 9.98. The summed E-state index contributed by atoms with van der Waals surface area (Å²) < 4.78 is 6.87. The van der Waals surface area contributed by atoms with E-state index in [2.05, 4.69) is 126 Å². The topological polar surface area (TPSA) is 55.1 Å². The predicted octanol–water partition coefficient (Wildman–Crippen LogP) is 13.1. The Hall–Kier alpha value is -7.37. The number of para-hydroxylation sites is 2. The van der Waals surface area contributed by atoms with Gasteiger partial charge in [-0.1, -0.05) is 140 Å². The Morgan fingerprint density at radius 3 is 1.48 bits per heavy atom. The largest absolute Gasteiger partial charge is 0.455 e. The minimum Gasteiger partial charge on any atom is -0.455 e. The second-order valence-electron chi connectivity index (χ2n) is 13.3. The van der Waals surface area contributed by atoms with E-state index in [0.29, 0.717) is 17.5 Å². The van der Waals surface area contributed by atoms with Crippen molar-refractivity contribution in [1.29, 1.82) is 0 Å². The van der Waals surface area contributed by atoms with Crippen LogP contribution in [0.3, 0.4) is 0 Å². The lowest BCUT2D eigenvalue weighted by Crippen LogP contribution is -2.09. The summed E-state index contributed by atoms with van der Waals surface area (Å²) in [4.78, 5) is 17.3. The van der Waals surface area contributed by atoms with Gasteiger partial charge in [-0.05, 0) is 76.5 Å². The highest BCUT2D eigenvalue weighted by molar-refractivity contribution is 6.22. The summed E-state index contributed by atoms with van der Waals surface area (Å²) in [5.41, 5.74) is 9.69. The molecule has 0 N–H and O–H groups in total. The van der Waals surface area contributed by atoms with Gasteiger partial charge in [0.2, 0.25) is 0 Å². The zero-order valence-corrected chi connectivity index (χ0v) is 29.2. The molecule has 5 heteroatoms. The van der Waals surface area contributed by atoms with Gasteiger partial charge < -0.3 is 9.32 Å². The van der Waals surface area contributed by atoms with Crippen LogP contribution < -0.4 is 4.90 Å². The molecule has 8 aromatic carbocycles. The van der Waals surface area contributed by atoms with E-state index in [9.17, 15) is 0 Å². The normalized spacial score (nSPS) is 11.3. The van der Waals surface area contributed by atoms with Crippen LogP contribution in [0, 0.1) is 0 Å². The van der Waals surface area contributed by atoms with Gasteiger partial charge in [-0.25, -0.2) is 15.0 Å². The van der Waals surface area contributed by atoms with E-state index in [1.54, 1.807) is 0 Å². The van der Waals surface area contributed by atoms with Gasteiger partial charge in [-0.3, -0.25) is 0 Å². The fraction of sp³-hybridized carbons (Fsp3) is 0. The van der Waals surface area contributed by atoms with Crippen LogP contribution in [0.2, 0.25) is 0 Å². The van der Waals surface area contributed by atoms with Crippen molar-refractivity contribution in [2.45, 2.75) is 0 Å². The smallest absolute Gasteiger partial charge is 0.167 e.